The Morgan fingerprint density at radius 2 is 1.49 bits per heavy atom. The Hall–Kier alpha value is -3.92. The summed E-state index contributed by atoms with van der Waals surface area (Å²) in [4.78, 5) is 29.3. The van der Waals surface area contributed by atoms with E-state index in [1.807, 2.05) is 44.2 Å². The average Bonchev–Trinajstić information content (AvgIpc) is 3.02. The first-order chi connectivity index (χ1) is 21.5. The van der Waals surface area contributed by atoms with Crippen molar-refractivity contribution in [2.45, 2.75) is 44.2 Å². The highest BCUT2D eigenvalue weighted by Gasteiger charge is 2.36. The molecule has 0 saturated carbocycles. The van der Waals surface area contributed by atoms with E-state index in [0.717, 1.165) is 21.5 Å². The van der Waals surface area contributed by atoms with Crippen LogP contribution < -0.4 is 9.62 Å². The predicted octanol–water partition coefficient (Wildman–Crippen LogP) is 6.80. The maximum Gasteiger partial charge on any atom is 0.264 e. The van der Waals surface area contributed by atoms with E-state index >= 15 is 4.39 Å². The van der Waals surface area contributed by atoms with Gasteiger partial charge in [-0.3, -0.25) is 13.9 Å². The predicted molar refractivity (Wildman–Crippen MR) is 176 cm³/mol. The highest BCUT2D eigenvalue weighted by molar-refractivity contribution is 7.92. The summed E-state index contributed by atoms with van der Waals surface area (Å²) in [6.07, 6.45) is 0.776. The average molecular weight is 671 g/mol. The van der Waals surface area contributed by atoms with Crippen molar-refractivity contribution in [1.82, 2.24) is 10.2 Å². The number of benzene rings is 4. The van der Waals surface area contributed by atoms with Gasteiger partial charge in [0.1, 0.15) is 18.4 Å². The molecule has 4 aromatic carbocycles. The zero-order valence-corrected chi connectivity index (χ0v) is 27.2. The van der Waals surface area contributed by atoms with Crippen molar-refractivity contribution in [2.75, 3.05) is 17.4 Å². The monoisotopic (exact) mass is 669 g/mol. The fourth-order valence-corrected chi connectivity index (χ4v) is 6.72. The molecule has 0 aliphatic rings. The van der Waals surface area contributed by atoms with Crippen LogP contribution in [-0.2, 0) is 32.6 Å². The van der Waals surface area contributed by atoms with Gasteiger partial charge in [0.25, 0.3) is 10.0 Å². The van der Waals surface area contributed by atoms with Gasteiger partial charge in [0.15, 0.2) is 0 Å². The molecule has 0 heterocycles. The summed E-state index contributed by atoms with van der Waals surface area (Å²) in [6, 6.07) is 24.3. The molecule has 0 unspecified atom stereocenters. The number of carbonyl (C=O) groups excluding carboxylic acids is 2. The molecule has 0 spiro atoms. The van der Waals surface area contributed by atoms with Gasteiger partial charge in [0.2, 0.25) is 11.8 Å². The number of anilines is 1. The molecule has 1 atom stereocenters. The zero-order chi connectivity index (χ0) is 32.6. The van der Waals surface area contributed by atoms with Crippen molar-refractivity contribution in [1.29, 1.82) is 0 Å². The van der Waals surface area contributed by atoms with Crippen LogP contribution in [0, 0.1) is 12.7 Å². The first kappa shape index (κ1) is 34.0. The first-order valence-corrected chi connectivity index (χ1v) is 16.6. The largest absolute Gasteiger partial charge is 0.354 e. The first-order valence-electron chi connectivity index (χ1n) is 14.4. The smallest absolute Gasteiger partial charge is 0.264 e. The number of halogens is 3. The van der Waals surface area contributed by atoms with Crippen LogP contribution in [0.3, 0.4) is 0 Å². The van der Waals surface area contributed by atoms with Crippen LogP contribution in [0.15, 0.2) is 102 Å². The van der Waals surface area contributed by atoms with Crippen LogP contribution in [-0.4, -0.2) is 44.3 Å². The minimum Gasteiger partial charge on any atom is -0.354 e. The number of rotatable bonds is 13. The van der Waals surface area contributed by atoms with Crippen LogP contribution in [0.5, 0.6) is 0 Å². The van der Waals surface area contributed by atoms with Crippen LogP contribution in [0.1, 0.15) is 30.0 Å². The van der Waals surface area contributed by atoms with E-state index in [0.29, 0.717) is 18.5 Å². The molecule has 4 aromatic rings. The molecule has 236 valence electrons. The van der Waals surface area contributed by atoms with E-state index in [1.54, 1.807) is 30.3 Å². The quantitative estimate of drug-likeness (QED) is 0.170. The lowest BCUT2D eigenvalue weighted by Crippen LogP contribution is -2.53. The molecule has 0 fully saturated rings. The fraction of sp³-hybridized carbons (Fsp3) is 0.235. The molecule has 0 aromatic heterocycles. The Labute approximate surface area is 273 Å². The van der Waals surface area contributed by atoms with Crippen molar-refractivity contribution in [3.05, 3.63) is 130 Å². The van der Waals surface area contributed by atoms with Crippen molar-refractivity contribution in [3.63, 3.8) is 0 Å². The Kier molecular flexibility index (Phi) is 11.6. The van der Waals surface area contributed by atoms with E-state index < -0.39 is 40.2 Å². The second-order valence-electron chi connectivity index (χ2n) is 10.5. The van der Waals surface area contributed by atoms with E-state index in [9.17, 15) is 18.0 Å². The van der Waals surface area contributed by atoms with Gasteiger partial charge >= 0.3 is 0 Å². The van der Waals surface area contributed by atoms with Gasteiger partial charge in [-0.05, 0) is 55.3 Å². The third kappa shape index (κ3) is 8.42. The number of hydrogen-bond donors (Lipinski definition) is 1. The van der Waals surface area contributed by atoms with E-state index in [2.05, 4.69) is 5.32 Å². The fourth-order valence-electron chi connectivity index (χ4n) is 4.78. The van der Waals surface area contributed by atoms with Gasteiger partial charge in [0.05, 0.1) is 10.6 Å². The Morgan fingerprint density at radius 3 is 2.11 bits per heavy atom. The van der Waals surface area contributed by atoms with E-state index in [-0.39, 0.29) is 33.6 Å². The number of amides is 2. The Morgan fingerprint density at radius 1 is 0.867 bits per heavy atom. The minimum absolute atomic E-state index is 0.119. The molecule has 0 saturated heterocycles. The molecule has 0 aliphatic heterocycles. The van der Waals surface area contributed by atoms with Crippen LogP contribution in [0.25, 0.3) is 0 Å². The third-order valence-electron chi connectivity index (χ3n) is 7.22. The Bertz CT molecular complexity index is 1720. The number of sulfonamides is 1. The lowest BCUT2D eigenvalue weighted by atomic mass is 10.0. The molecule has 0 aliphatic carbocycles. The molecule has 7 nitrogen and oxygen atoms in total. The summed E-state index contributed by atoms with van der Waals surface area (Å²) in [5.41, 5.74) is 1.68. The van der Waals surface area contributed by atoms with Gasteiger partial charge in [-0.2, -0.15) is 0 Å². The number of nitrogens with zero attached hydrogens (tertiary/aromatic N) is 2. The molecule has 0 radical (unpaired) electrons. The maximum atomic E-state index is 15.2. The molecule has 11 heteroatoms. The van der Waals surface area contributed by atoms with Crippen molar-refractivity contribution in [2.24, 2.45) is 0 Å². The molecule has 45 heavy (non-hydrogen) atoms. The Balaban J connectivity index is 1.84. The third-order valence-corrected chi connectivity index (χ3v) is 9.70. The van der Waals surface area contributed by atoms with Gasteiger partial charge < -0.3 is 10.2 Å². The highest BCUT2D eigenvalue weighted by atomic mass is 35.5. The van der Waals surface area contributed by atoms with Gasteiger partial charge in [-0.1, -0.05) is 96.4 Å². The number of nitrogens with one attached hydrogen (secondary N) is 1. The zero-order valence-electron chi connectivity index (χ0n) is 24.9. The maximum absolute atomic E-state index is 15.2. The topological polar surface area (TPSA) is 86.8 Å². The molecule has 0 bridgehead atoms. The van der Waals surface area contributed by atoms with Crippen molar-refractivity contribution in [3.8, 4) is 0 Å². The number of para-hydroxylation sites is 1. The second-order valence-corrected chi connectivity index (χ2v) is 13.2. The van der Waals surface area contributed by atoms with Gasteiger partial charge in [-0.25, -0.2) is 12.8 Å². The standard InChI is InChI=1S/C34H34Cl2FN3O4S/c1-3-20-38-34(42)32(21-25-10-5-4-6-11-25)39(22-27-28(35)12-9-13-29(27)36)33(41)23-40(31-15-8-7-14-30(31)37)45(43,44)26-18-16-24(2)17-19-26/h4-19,32H,3,20-23H2,1-2H3,(H,38,42)/t32-/m1/s1. The highest BCUT2D eigenvalue weighted by Crippen LogP contribution is 2.30. The SMILES string of the molecule is CCCNC(=O)[C@@H](Cc1ccccc1)N(Cc1c(Cl)cccc1Cl)C(=O)CN(c1ccccc1F)S(=O)(=O)c1ccc(C)cc1. The van der Waals surface area contributed by atoms with Crippen LogP contribution in [0.4, 0.5) is 10.1 Å². The van der Waals surface area contributed by atoms with Crippen molar-refractivity contribution < 1.29 is 22.4 Å². The summed E-state index contributed by atoms with van der Waals surface area (Å²) >= 11 is 13.0. The van der Waals surface area contributed by atoms with Gasteiger partial charge in [0, 0.05) is 35.1 Å². The molecule has 1 N–H and O–H groups in total. The second kappa shape index (κ2) is 15.4. The summed E-state index contributed by atoms with van der Waals surface area (Å²) in [6.45, 7) is 3.07. The molecule has 4 rings (SSSR count). The molecule has 2 amide bonds. The minimum atomic E-state index is -4.44. The van der Waals surface area contributed by atoms with E-state index in [4.69, 9.17) is 23.2 Å². The molecular formula is C34H34Cl2FN3O4S. The summed E-state index contributed by atoms with van der Waals surface area (Å²) in [5.74, 6) is -2.02. The number of carbonyl (C=O) groups is 2. The lowest BCUT2D eigenvalue weighted by molar-refractivity contribution is -0.140. The summed E-state index contributed by atoms with van der Waals surface area (Å²) in [7, 11) is -4.44. The summed E-state index contributed by atoms with van der Waals surface area (Å²) in [5, 5.41) is 3.41. The number of aryl methyl sites for hydroxylation is 1. The van der Waals surface area contributed by atoms with Gasteiger partial charge in [-0.15, -0.1) is 0 Å². The summed E-state index contributed by atoms with van der Waals surface area (Å²) < 4.78 is 44.0. The van der Waals surface area contributed by atoms with Crippen LogP contribution >= 0.6 is 23.2 Å². The normalized spacial score (nSPS) is 11.9. The van der Waals surface area contributed by atoms with E-state index in [1.165, 1.54) is 35.2 Å². The van der Waals surface area contributed by atoms with Crippen LogP contribution in [0.2, 0.25) is 10.0 Å². The lowest BCUT2D eigenvalue weighted by Gasteiger charge is -2.34. The molecular weight excluding hydrogens is 636 g/mol. The number of hydrogen-bond acceptors (Lipinski definition) is 4. The van der Waals surface area contributed by atoms with Crippen molar-refractivity contribution >= 4 is 50.7 Å².